The lowest BCUT2D eigenvalue weighted by Gasteiger charge is -2.16. The highest BCUT2D eigenvalue weighted by atomic mass is 35.5. The van der Waals surface area contributed by atoms with Crippen molar-refractivity contribution in [1.82, 2.24) is 20.1 Å². The molecule has 0 bridgehead atoms. The van der Waals surface area contributed by atoms with Crippen LogP contribution in [-0.2, 0) is 11.0 Å². The Kier molecular flexibility index (Phi) is 5.15. The minimum atomic E-state index is -4.41. The molecule has 1 saturated heterocycles. The first-order valence-electron chi connectivity index (χ1n) is 9.16. The standard InChI is InChI=1S/C20H17ClF3N5O/c1-2-17(30)26-14-7-8-28(11-14)19-16-9-13(21)10-25-18(16)29(27-19)15-5-3-12(4-6-15)20(22,23)24/h2-6,9-10,14H,1,7-8,11H2,(H,26,30). The van der Waals surface area contributed by atoms with E-state index in [2.05, 4.69) is 22.0 Å². The number of rotatable bonds is 4. The predicted molar refractivity (Wildman–Crippen MR) is 108 cm³/mol. The summed E-state index contributed by atoms with van der Waals surface area (Å²) in [5.74, 6) is 0.363. The number of aromatic nitrogens is 3. The number of pyridine rings is 1. The van der Waals surface area contributed by atoms with E-state index in [1.165, 1.54) is 29.1 Å². The molecule has 1 amide bonds. The van der Waals surface area contributed by atoms with Gasteiger partial charge in [-0.05, 0) is 42.8 Å². The van der Waals surface area contributed by atoms with Crippen LogP contribution < -0.4 is 10.2 Å². The molecule has 1 N–H and O–H groups in total. The van der Waals surface area contributed by atoms with Gasteiger partial charge in [-0.2, -0.15) is 13.2 Å². The summed E-state index contributed by atoms with van der Waals surface area (Å²) in [6.45, 7) is 4.63. The first-order chi connectivity index (χ1) is 14.3. The molecule has 0 aliphatic carbocycles. The molecule has 1 atom stereocenters. The summed E-state index contributed by atoms with van der Waals surface area (Å²) in [7, 11) is 0. The van der Waals surface area contributed by atoms with Gasteiger partial charge >= 0.3 is 6.18 Å². The number of benzene rings is 1. The van der Waals surface area contributed by atoms with Gasteiger partial charge in [-0.1, -0.05) is 18.2 Å². The Morgan fingerprint density at radius 3 is 2.70 bits per heavy atom. The van der Waals surface area contributed by atoms with Crippen molar-refractivity contribution in [2.75, 3.05) is 18.0 Å². The Labute approximate surface area is 174 Å². The average molecular weight is 436 g/mol. The normalized spacial score (nSPS) is 16.8. The highest BCUT2D eigenvalue weighted by molar-refractivity contribution is 6.31. The molecule has 10 heteroatoms. The third-order valence-electron chi connectivity index (χ3n) is 4.93. The Hall–Kier alpha value is -3.07. The highest BCUT2D eigenvalue weighted by Gasteiger charge is 2.31. The molecular weight excluding hydrogens is 419 g/mol. The summed E-state index contributed by atoms with van der Waals surface area (Å²) in [6, 6.07) is 6.39. The van der Waals surface area contributed by atoms with Gasteiger partial charge < -0.3 is 10.2 Å². The monoisotopic (exact) mass is 435 g/mol. The fourth-order valence-electron chi connectivity index (χ4n) is 3.50. The minimum Gasteiger partial charge on any atom is -0.352 e. The summed E-state index contributed by atoms with van der Waals surface area (Å²) >= 11 is 6.13. The van der Waals surface area contributed by atoms with Gasteiger partial charge in [0.05, 0.1) is 21.7 Å². The molecule has 4 rings (SSSR count). The number of hydrogen-bond acceptors (Lipinski definition) is 4. The quantitative estimate of drug-likeness (QED) is 0.630. The van der Waals surface area contributed by atoms with Crippen LogP contribution in [0.1, 0.15) is 12.0 Å². The largest absolute Gasteiger partial charge is 0.416 e. The second kappa shape index (κ2) is 7.64. The van der Waals surface area contributed by atoms with Crippen LogP contribution in [0, 0.1) is 0 Å². The van der Waals surface area contributed by atoms with Crippen LogP contribution in [0.4, 0.5) is 19.0 Å². The van der Waals surface area contributed by atoms with E-state index in [1.54, 1.807) is 6.07 Å². The van der Waals surface area contributed by atoms with Crippen LogP contribution in [0.5, 0.6) is 0 Å². The van der Waals surface area contributed by atoms with Gasteiger partial charge in [0.1, 0.15) is 0 Å². The third-order valence-corrected chi connectivity index (χ3v) is 5.14. The summed E-state index contributed by atoms with van der Waals surface area (Å²) in [4.78, 5) is 17.9. The molecule has 1 unspecified atom stereocenters. The number of amides is 1. The van der Waals surface area contributed by atoms with Crippen LogP contribution in [0.15, 0.2) is 49.2 Å². The molecule has 3 heterocycles. The minimum absolute atomic E-state index is 0.0612. The van der Waals surface area contributed by atoms with E-state index >= 15 is 0 Å². The maximum Gasteiger partial charge on any atom is 0.416 e. The van der Waals surface area contributed by atoms with E-state index in [0.29, 0.717) is 40.7 Å². The Morgan fingerprint density at radius 2 is 2.03 bits per heavy atom. The number of hydrogen-bond donors (Lipinski definition) is 1. The van der Waals surface area contributed by atoms with Crippen molar-refractivity contribution in [2.45, 2.75) is 18.6 Å². The SMILES string of the molecule is C=CC(=O)NC1CCN(c2nn(-c3ccc(C(F)(F)F)cc3)c3ncc(Cl)cc23)C1. The summed E-state index contributed by atoms with van der Waals surface area (Å²) in [6.07, 6.45) is -1.00. The number of fused-ring (bicyclic) bond motifs is 1. The molecule has 6 nitrogen and oxygen atoms in total. The number of halogens is 4. The van der Waals surface area contributed by atoms with Gasteiger partial charge in [0.15, 0.2) is 11.5 Å². The van der Waals surface area contributed by atoms with Crippen molar-refractivity contribution in [1.29, 1.82) is 0 Å². The van der Waals surface area contributed by atoms with E-state index in [4.69, 9.17) is 11.6 Å². The van der Waals surface area contributed by atoms with Crippen LogP contribution in [-0.4, -0.2) is 39.8 Å². The topological polar surface area (TPSA) is 63.1 Å². The van der Waals surface area contributed by atoms with Gasteiger partial charge in [-0.15, -0.1) is 5.10 Å². The maximum absolute atomic E-state index is 12.9. The van der Waals surface area contributed by atoms with Crippen molar-refractivity contribution in [3.63, 3.8) is 0 Å². The zero-order valence-corrected chi connectivity index (χ0v) is 16.4. The van der Waals surface area contributed by atoms with Gasteiger partial charge in [0, 0.05) is 25.3 Å². The highest BCUT2D eigenvalue weighted by Crippen LogP contribution is 2.33. The molecule has 1 fully saturated rings. The zero-order valence-electron chi connectivity index (χ0n) is 15.7. The Morgan fingerprint density at radius 1 is 1.30 bits per heavy atom. The molecule has 1 aromatic carbocycles. The maximum atomic E-state index is 12.9. The van der Waals surface area contributed by atoms with Crippen molar-refractivity contribution >= 4 is 34.4 Å². The van der Waals surface area contributed by atoms with Crippen molar-refractivity contribution in [2.24, 2.45) is 0 Å². The number of carbonyl (C=O) groups is 1. The fourth-order valence-corrected chi connectivity index (χ4v) is 3.66. The fraction of sp³-hybridized carbons (Fsp3) is 0.250. The summed E-state index contributed by atoms with van der Waals surface area (Å²) in [5.41, 5.74) is 0.191. The third kappa shape index (κ3) is 3.85. The Bertz CT molecular complexity index is 1110. The number of carbonyl (C=O) groups excluding carboxylic acids is 1. The smallest absolute Gasteiger partial charge is 0.352 e. The molecule has 3 aromatic rings. The predicted octanol–water partition coefficient (Wildman–Crippen LogP) is 3.97. The molecule has 0 spiro atoms. The number of alkyl halides is 3. The zero-order chi connectivity index (χ0) is 21.5. The van der Waals surface area contributed by atoms with Gasteiger partial charge in [0.2, 0.25) is 5.91 Å². The number of nitrogens with zero attached hydrogens (tertiary/aromatic N) is 4. The van der Waals surface area contributed by atoms with E-state index in [0.717, 1.165) is 18.6 Å². The number of anilines is 1. The number of nitrogens with one attached hydrogen (secondary N) is 1. The van der Waals surface area contributed by atoms with Gasteiger partial charge in [-0.25, -0.2) is 9.67 Å². The van der Waals surface area contributed by atoms with Crippen LogP contribution >= 0.6 is 11.6 Å². The van der Waals surface area contributed by atoms with E-state index in [-0.39, 0.29) is 11.9 Å². The van der Waals surface area contributed by atoms with Crippen LogP contribution in [0.3, 0.4) is 0 Å². The average Bonchev–Trinajstić information content (AvgIpc) is 3.31. The van der Waals surface area contributed by atoms with Crippen LogP contribution in [0.2, 0.25) is 5.02 Å². The molecule has 156 valence electrons. The van der Waals surface area contributed by atoms with Gasteiger partial charge in [0.25, 0.3) is 0 Å². The summed E-state index contributed by atoms with van der Waals surface area (Å²) < 4.78 is 40.2. The first kappa shape index (κ1) is 20.2. The van der Waals surface area contributed by atoms with Gasteiger partial charge in [-0.3, -0.25) is 4.79 Å². The molecule has 1 aliphatic heterocycles. The van der Waals surface area contributed by atoms with E-state index in [1.807, 2.05) is 4.90 Å². The molecular formula is C20H17ClF3N5O. The lowest BCUT2D eigenvalue weighted by molar-refractivity contribution is -0.137. The van der Waals surface area contributed by atoms with Crippen LogP contribution in [0.25, 0.3) is 16.7 Å². The summed E-state index contributed by atoms with van der Waals surface area (Å²) in [5, 5.41) is 8.58. The van der Waals surface area contributed by atoms with E-state index in [9.17, 15) is 18.0 Å². The molecule has 1 aliphatic rings. The van der Waals surface area contributed by atoms with Crippen molar-refractivity contribution in [3.05, 3.63) is 59.8 Å². The van der Waals surface area contributed by atoms with Crippen molar-refractivity contribution < 1.29 is 18.0 Å². The molecule has 30 heavy (non-hydrogen) atoms. The van der Waals surface area contributed by atoms with E-state index < -0.39 is 11.7 Å². The lowest BCUT2D eigenvalue weighted by Crippen LogP contribution is -2.36. The molecule has 0 saturated carbocycles. The lowest BCUT2D eigenvalue weighted by atomic mass is 10.2. The Balaban J connectivity index is 1.71. The molecule has 2 aromatic heterocycles. The second-order valence-electron chi connectivity index (χ2n) is 6.95. The molecule has 0 radical (unpaired) electrons. The second-order valence-corrected chi connectivity index (χ2v) is 7.39. The first-order valence-corrected chi connectivity index (χ1v) is 9.54. The van der Waals surface area contributed by atoms with Crippen molar-refractivity contribution in [3.8, 4) is 5.69 Å².